The highest BCUT2D eigenvalue weighted by Crippen LogP contribution is 2.29. The number of halogens is 1. The number of nitrogens with zero attached hydrogens (tertiary/aromatic N) is 4. The predicted octanol–water partition coefficient (Wildman–Crippen LogP) is 2.66. The maximum atomic E-state index is 12.6. The molecule has 2 aromatic rings. The number of anilines is 2. The van der Waals surface area contributed by atoms with Crippen LogP contribution >= 0.6 is 11.6 Å². The molecule has 0 spiro atoms. The van der Waals surface area contributed by atoms with E-state index in [0.29, 0.717) is 41.1 Å². The summed E-state index contributed by atoms with van der Waals surface area (Å²) in [6.45, 7) is 6.36. The molecule has 0 saturated carbocycles. The molecule has 1 aliphatic rings. The first-order valence-corrected chi connectivity index (χ1v) is 8.94. The Balaban J connectivity index is 1.67. The number of rotatable bonds is 5. The highest BCUT2D eigenvalue weighted by Gasteiger charge is 2.22. The maximum Gasteiger partial charge on any atom is 0.274 e. The van der Waals surface area contributed by atoms with Crippen LogP contribution in [0.2, 0.25) is 5.02 Å². The lowest BCUT2D eigenvalue weighted by molar-refractivity contribution is 0.0636. The Hall–Kier alpha value is -2.38. The molecule has 1 saturated heterocycles. The number of aromatic nitrogens is 2. The molecule has 1 amide bonds. The van der Waals surface area contributed by atoms with Crippen LogP contribution in [0.4, 0.5) is 11.5 Å². The van der Waals surface area contributed by atoms with E-state index in [0.717, 1.165) is 19.6 Å². The van der Waals surface area contributed by atoms with Crippen molar-refractivity contribution in [3.8, 4) is 5.75 Å². The minimum Gasteiger partial charge on any atom is -0.495 e. The number of carbonyl (C=O) groups excluding carboxylic acids is 1. The normalized spacial score (nSPS) is 15.0. The quantitative estimate of drug-likeness (QED) is 0.866. The van der Waals surface area contributed by atoms with Crippen molar-refractivity contribution < 1.29 is 9.53 Å². The largest absolute Gasteiger partial charge is 0.495 e. The third-order valence-corrected chi connectivity index (χ3v) is 4.65. The van der Waals surface area contributed by atoms with E-state index in [1.165, 1.54) is 0 Å². The summed E-state index contributed by atoms with van der Waals surface area (Å²) in [5, 5.41) is 11.9. The van der Waals surface area contributed by atoms with E-state index in [2.05, 4.69) is 27.3 Å². The molecule has 0 unspecified atom stereocenters. The third kappa shape index (κ3) is 4.23. The molecule has 1 N–H and O–H groups in total. The highest BCUT2D eigenvalue weighted by atomic mass is 35.5. The lowest BCUT2D eigenvalue weighted by atomic mass is 10.2. The molecule has 7 nitrogen and oxygen atoms in total. The van der Waals surface area contributed by atoms with Crippen LogP contribution in [-0.4, -0.2) is 65.7 Å². The average Bonchev–Trinajstić information content (AvgIpc) is 2.68. The summed E-state index contributed by atoms with van der Waals surface area (Å²) in [4.78, 5) is 16.7. The van der Waals surface area contributed by atoms with Crippen molar-refractivity contribution >= 4 is 29.0 Å². The molecule has 1 fully saturated rings. The van der Waals surface area contributed by atoms with Crippen LogP contribution in [0.25, 0.3) is 0 Å². The standard InChI is InChI=1S/C18H22ClN5O2/c1-3-23-8-10-24(11-9-23)18(25)14-5-7-17(22-21-14)20-15-12-13(19)4-6-16(15)26-2/h4-7,12H,3,8-11H2,1-2H3,(H,20,22). The van der Waals surface area contributed by atoms with Crippen molar-refractivity contribution in [1.82, 2.24) is 20.0 Å². The molecule has 0 radical (unpaired) electrons. The van der Waals surface area contributed by atoms with Gasteiger partial charge in [0.1, 0.15) is 5.75 Å². The van der Waals surface area contributed by atoms with E-state index in [-0.39, 0.29) is 5.91 Å². The fourth-order valence-electron chi connectivity index (χ4n) is 2.86. The van der Waals surface area contributed by atoms with Crippen LogP contribution in [0.1, 0.15) is 17.4 Å². The van der Waals surface area contributed by atoms with Gasteiger partial charge in [-0.2, -0.15) is 0 Å². The zero-order valence-electron chi connectivity index (χ0n) is 14.9. The second-order valence-electron chi connectivity index (χ2n) is 6.00. The molecular formula is C18H22ClN5O2. The summed E-state index contributed by atoms with van der Waals surface area (Å²) >= 11 is 6.03. The van der Waals surface area contributed by atoms with E-state index in [1.54, 1.807) is 37.4 Å². The predicted molar refractivity (Wildman–Crippen MR) is 101 cm³/mol. The van der Waals surface area contributed by atoms with Crippen molar-refractivity contribution in [2.45, 2.75) is 6.92 Å². The summed E-state index contributed by atoms with van der Waals surface area (Å²) < 4.78 is 5.30. The van der Waals surface area contributed by atoms with Crippen molar-refractivity contribution in [2.75, 3.05) is 45.2 Å². The Morgan fingerprint density at radius 3 is 2.58 bits per heavy atom. The van der Waals surface area contributed by atoms with Gasteiger partial charge < -0.3 is 19.9 Å². The molecule has 1 aromatic carbocycles. The van der Waals surface area contributed by atoms with E-state index < -0.39 is 0 Å². The molecule has 1 aromatic heterocycles. The Bertz CT molecular complexity index is 761. The summed E-state index contributed by atoms with van der Waals surface area (Å²) in [7, 11) is 1.58. The molecule has 2 heterocycles. The number of nitrogens with one attached hydrogen (secondary N) is 1. The third-order valence-electron chi connectivity index (χ3n) is 4.41. The molecule has 26 heavy (non-hydrogen) atoms. The number of likely N-dealkylation sites (N-methyl/N-ethyl adjacent to an activating group) is 1. The number of benzene rings is 1. The molecule has 8 heteroatoms. The zero-order valence-corrected chi connectivity index (χ0v) is 15.7. The molecule has 0 bridgehead atoms. The van der Waals surface area contributed by atoms with Crippen LogP contribution < -0.4 is 10.1 Å². The van der Waals surface area contributed by atoms with Gasteiger partial charge in [-0.15, -0.1) is 10.2 Å². The van der Waals surface area contributed by atoms with E-state index in [4.69, 9.17) is 16.3 Å². The van der Waals surface area contributed by atoms with E-state index in [1.807, 2.05) is 4.90 Å². The van der Waals surface area contributed by atoms with Gasteiger partial charge in [-0.25, -0.2) is 0 Å². The highest BCUT2D eigenvalue weighted by molar-refractivity contribution is 6.31. The number of ether oxygens (including phenoxy) is 1. The maximum absolute atomic E-state index is 12.6. The van der Waals surface area contributed by atoms with Crippen molar-refractivity contribution in [2.24, 2.45) is 0 Å². The van der Waals surface area contributed by atoms with Crippen molar-refractivity contribution in [3.63, 3.8) is 0 Å². The monoisotopic (exact) mass is 375 g/mol. The van der Waals surface area contributed by atoms with E-state index in [9.17, 15) is 4.79 Å². The first kappa shape index (κ1) is 18.4. The minimum absolute atomic E-state index is 0.0832. The smallest absolute Gasteiger partial charge is 0.274 e. The summed E-state index contributed by atoms with van der Waals surface area (Å²) in [6, 6.07) is 8.67. The second kappa shape index (κ2) is 8.33. The van der Waals surface area contributed by atoms with Gasteiger partial charge >= 0.3 is 0 Å². The zero-order chi connectivity index (χ0) is 18.5. The molecular weight excluding hydrogens is 354 g/mol. The average molecular weight is 376 g/mol. The second-order valence-corrected chi connectivity index (χ2v) is 6.44. The number of hydrogen-bond donors (Lipinski definition) is 1. The molecule has 0 aliphatic carbocycles. The van der Waals surface area contributed by atoms with Gasteiger partial charge in [0.25, 0.3) is 5.91 Å². The van der Waals surface area contributed by atoms with Crippen LogP contribution in [0.15, 0.2) is 30.3 Å². The van der Waals surface area contributed by atoms with Gasteiger partial charge in [-0.05, 0) is 36.9 Å². The van der Waals surface area contributed by atoms with Crippen LogP contribution in [0, 0.1) is 0 Å². The SMILES string of the molecule is CCN1CCN(C(=O)c2ccc(Nc3cc(Cl)ccc3OC)nn2)CC1. The first-order chi connectivity index (χ1) is 12.6. The summed E-state index contributed by atoms with van der Waals surface area (Å²) in [5.41, 5.74) is 1.03. The number of piperazine rings is 1. The molecule has 1 aliphatic heterocycles. The van der Waals surface area contributed by atoms with Crippen molar-refractivity contribution in [1.29, 1.82) is 0 Å². The summed E-state index contributed by atoms with van der Waals surface area (Å²) in [6.07, 6.45) is 0. The van der Waals surface area contributed by atoms with Crippen LogP contribution in [0.5, 0.6) is 5.75 Å². The minimum atomic E-state index is -0.0832. The van der Waals surface area contributed by atoms with Gasteiger partial charge in [0.15, 0.2) is 11.5 Å². The number of methoxy groups -OCH3 is 1. The van der Waals surface area contributed by atoms with Gasteiger partial charge in [-0.3, -0.25) is 4.79 Å². The van der Waals surface area contributed by atoms with Gasteiger partial charge in [-0.1, -0.05) is 18.5 Å². The number of carbonyl (C=O) groups is 1. The van der Waals surface area contributed by atoms with Crippen LogP contribution in [0.3, 0.4) is 0 Å². The number of amides is 1. The topological polar surface area (TPSA) is 70.6 Å². The first-order valence-electron chi connectivity index (χ1n) is 8.56. The Morgan fingerprint density at radius 2 is 1.96 bits per heavy atom. The molecule has 3 rings (SSSR count). The molecule has 138 valence electrons. The lowest BCUT2D eigenvalue weighted by Gasteiger charge is -2.33. The Kier molecular flexibility index (Phi) is 5.90. The fraction of sp³-hybridized carbons (Fsp3) is 0.389. The van der Waals surface area contributed by atoms with Gasteiger partial charge in [0.2, 0.25) is 0 Å². The number of hydrogen-bond acceptors (Lipinski definition) is 6. The van der Waals surface area contributed by atoms with Crippen molar-refractivity contribution in [3.05, 3.63) is 41.0 Å². The lowest BCUT2D eigenvalue weighted by Crippen LogP contribution is -2.48. The molecule has 0 atom stereocenters. The summed E-state index contributed by atoms with van der Waals surface area (Å²) in [5.74, 6) is 1.07. The fourth-order valence-corrected chi connectivity index (χ4v) is 3.03. The van der Waals surface area contributed by atoms with Gasteiger partial charge in [0, 0.05) is 31.2 Å². The van der Waals surface area contributed by atoms with E-state index >= 15 is 0 Å². The van der Waals surface area contributed by atoms with Crippen LogP contribution in [-0.2, 0) is 0 Å². The Labute approximate surface area is 157 Å². The Morgan fingerprint density at radius 1 is 1.19 bits per heavy atom. The van der Waals surface area contributed by atoms with Gasteiger partial charge in [0.05, 0.1) is 12.8 Å².